The van der Waals surface area contributed by atoms with Crippen molar-refractivity contribution in [1.29, 1.82) is 0 Å². The summed E-state index contributed by atoms with van der Waals surface area (Å²) in [7, 11) is 0. The smallest absolute Gasteiger partial charge is 0.196 e. The summed E-state index contributed by atoms with van der Waals surface area (Å²) < 4.78 is 4.26. The molecule has 4 aromatic rings. The monoisotopic (exact) mass is 404 g/mol. The molecule has 0 bridgehead atoms. The Bertz CT molecular complexity index is 1050. The Morgan fingerprint density at radius 2 is 1.72 bits per heavy atom. The average molecular weight is 405 g/mol. The molecule has 0 saturated carbocycles. The highest BCUT2D eigenvalue weighted by Gasteiger charge is 2.19. The van der Waals surface area contributed by atoms with Crippen LogP contribution < -0.4 is 0 Å². The van der Waals surface area contributed by atoms with Crippen LogP contribution in [0.25, 0.3) is 11.3 Å². The largest absolute Gasteiger partial charge is 0.307 e. The molecule has 1 saturated heterocycles. The zero-order valence-corrected chi connectivity index (χ0v) is 17.1. The van der Waals surface area contributed by atoms with Gasteiger partial charge in [-0.05, 0) is 50.2 Å². The van der Waals surface area contributed by atoms with E-state index in [4.69, 9.17) is 4.98 Å². The Balaban J connectivity index is 1.40. The number of piperidine rings is 1. The number of rotatable bonds is 6. The first kappa shape index (κ1) is 18.4. The van der Waals surface area contributed by atoms with E-state index in [1.54, 1.807) is 11.8 Å². The molecule has 148 valence electrons. The molecule has 0 N–H and O–H groups in total. The molecule has 1 aliphatic rings. The van der Waals surface area contributed by atoms with Crippen LogP contribution >= 0.6 is 11.8 Å². The maximum atomic E-state index is 4.71. The first-order chi connectivity index (χ1) is 14.4. The quantitative estimate of drug-likeness (QED) is 0.451. The number of hydrogen-bond acceptors (Lipinski definition) is 5. The summed E-state index contributed by atoms with van der Waals surface area (Å²) in [4.78, 5) is 7.20. The van der Waals surface area contributed by atoms with E-state index in [-0.39, 0.29) is 0 Å². The van der Waals surface area contributed by atoms with Gasteiger partial charge in [-0.15, -0.1) is 10.2 Å². The number of nitrogens with zero attached hydrogens (tertiary/aromatic N) is 6. The number of para-hydroxylation sites is 1. The minimum absolute atomic E-state index is 0.760. The fourth-order valence-corrected chi connectivity index (χ4v) is 4.70. The number of fused-ring (bicyclic) bond motifs is 1. The Kier molecular flexibility index (Phi) is 5.32. The molecule has 0 atom stereocenters. The maximum Gasteiger partial charge on any atom is 0.196 e. The third-order valence-corrected chi connectivity index (χ3v) is 6.25. The van der Waals surface area contributed by atoms with Crippen molar-refractivity contribution in [1.82, 2.24) is 29.0 Å². The molecule has 3 aromatic heterocycles. The van der Waals surface area contributed by atoms with E-state index in [0.29, 0.717) is 0 Å². The number of hydrogen-bond donors (Lipinski definition) is 0. The second-order valence-electron chi connectivity index (χ2n) is 7.39. The van der Waals surface area contributed by atoms with Crippen LogP contribution in [0.3, 0.4) is 0 Å². The van der Waals surface area contributed by atoms with Crippen molar-refractivity contribution in [2.75, 3.05) is 13.1 Å². The third-order valence-electron chi connectivity index (χ3n) is 5.29. The van der Waals surface area contributed by atoms with Gasteiger partial charge in [-0.1, -0.05) is 42.4 Å². The Labute approximate surface area is 174 Å². The van der Waals surface area contributed by atoms with Gasteiger partial charge in [0.15, 0.2) is 11.0 Å². The lowest BCUT2D eigenvalue weighted by Crippen LogP contribution is -2.30. The normalized spacial score (nSPS) is 15.2. The Morgan fingerprint density at radius 1 is 0.897 bits per heavy atom. The number of imidazole rings is 1. The van der Waals surface area contributed by atoms with Gasteiger partial charge in [-0.3, -0.25) is 9.47 Å². The van der Waals surface area contributed by atoms with Crippen molar-refractivity contribution in [2.45, 2.75) is 36.7 Å². The van der Waals surface area contributed by atoms with Gasteiger partial charge < -0.3 is 4.40 Å². The van der Waals surface area contributed by atoms with E-state index in [0.717, 1.165) is 53.4 Å². The molecule has 6 nitrogen and oxygen atoms in total. The number of benzene rings is 1. The lowest BCUT2D eigenvalue weighted by molar-refractivity contribution is 0.214. The number of pyridine rings is 1. The van der Waals surface area contributed by atoms with Crippen LogP contribution in [-0.4, -0.2) is 42.1 Å². The van der Waals surface area contributed by atoms with Crippen LogP contribution in [0.4, 0.5) is 0 Å². The molecule has 1 fully saturated rings. The van der Waals surface area contributed by atoms with Gasteiger partial charge in [0.1, 0.15) is 5.65 Å². The molecule has 1 aliphatic heterocycles. The lowest BCUT2D eigenvalue weighted by atomic mass is 10.1. The van der Waals surface area contributed by atoms with Crippen LogP contribution in [0.15, 0.2) is 66.1 Å². The summed E-state index contributed by atoms with van der Waals surface area (Å²) in [5, 5.41) is 10.0. The van der Waals surface area contributed by atoms with Gasteiger partial charge in [0.05, 0.1) is 12.2 Å². The van der Waals surface area contributed by atoms with E-state index in [1.807, 2.05) is 30.5 Å². The van der Waals surface area contributed by atoms with E-state index in [1.165, 1.54) is 19.3 Å². The summed E-state index contributed by atoms with van der Waals surface area (Å²) in [5.41, 5.74) is 3.13. The molecule has 0 amide bonds. The maximum absolute atomic E-state index is 4.71. The summed E-state index contributed by atoms with van der Waals surface area (Å²) in [6.07, 6.45) is 7.99. The highest BCUT2D eigenvalue weighted by Crippen LogP contribution is 2.26. The third kappa shape index (κ3) is 4.06. The molecular formula is C22H24N6S. The summed E-state index contributed by atoms with van der Waals surface area (Å²) >= 11 is 1.69. The molecule has 29 heavy (non-hydrogen) atoms. The molecule has 5 rings (SSSR count). The molecule has 0 unspecified atom stereocenters. The van der Waals surface area contributed by atoms with Crippen LogP contribution in [-0.2, 0) is 12.3 Å². The van der Waals surface area contributed by atoms with Crippen LogP contribution in [0.5, 0.6) is 0 Å². The Hall–Kier alpha value is -2.64. The van der Waals surface area contributed by atoms with E-state index in [9.17, 15) is 0 Å². The first-order valence-corrected chi connectivity index (χ1v) is 11.1. The van der Waals surface area contributed by atoms with Gasteiger partial charge in [0.25, 0.3) is 0 Å². The first-order valence-electron chi connectivity index (χ1n) is 10.1. The number of thioether (sulfide) groups is 1. The predicted molar refractivity (Wildman–Crippen MR) is 115 cm³/mol. The van der Waals surface area contributed by atoms with Crippen molar-refractivity contribution >= 4 is 17.4 Å². The molecule has 0 spiro atoms. The standard InChI is InChI=1S/C22H24N6S/c1-3-9-19(10-4-1)28-21(16-26-12-6-2-7-13-26)24-25-22(28)29-17-18-15-27-14-8-5-11-20(27)23-18/h1,3-5,8-11,14-15H,2,6-7,12-13,16-17H2. The van der Waals surface area contributed by atoms with Crippen LogP contribution in [0.2, 0.25) is 0 Å². The fraction of sp³-hybridized carbons (Fsp3) is 0.318. The summed E-state index contributed by atoms with van der Waals surface area (Å²) in [5.74, 6) is 1.77. The lowest BCUT2D eigenvalue weighted by Gasteiger charge is -2.26. The van der Waals surface area contributed by atoms with E-state index in [2.05, 4.69) is 54.5 Å². The minimum atomic E-state index is 0.760. The molecule has 4 heterocycles. The second kappa shape index (κ2) is 8.39. The van der Waals surface area contributed by atoms with Crippen LogP contribution in [0, 0.1) is 0 Å². The van der Waals surface area contributed by atoms with E-state index >= 15 is 0 Å². The number of aromatic nitrogens is 5. The average Bonchev–Trinajstić information content (AvgIpc) is 3.37. The second-order valence-corrected chi connectivity index (χ2v) is 8.34. The van der Waals surface area contributed by atoms with E-state index < -0.39 is 0 Å². The summed E-state index contributed by atoms with van der Waals surface area (Å²) in [6.45, 7) is 3.13. The minimum Gasteiger partial charge on any atom is -0.307 e. The SMILES string of the molecule is c1ccc(-n2c(CN3CCCCC3)nnc2SCc2cn3ccccc3n2)cc1. The van der Waals surface area contributed by atoms with Crippen molar-refractivity contribution < 1.29 is 0 Å². The van der Waals surface area contributed by atoms with Gasteiger partial charge in [0.2, 0.25) is 0 Å². The van der Waals surface area contributed by atoms with Gasteiger partial charge >= 0.3 is 0 Å². The Morgan fingerprint density at radius 3 is 2.55 bits per heavy atom. The van der Waals surface area contributed by atoms with Crippen LogP contribution in [0.1, 0.15) is 30.8 Å². The van der Waals surface area contributed by atoms with Gasteiger partial charge in [-0.2, -0.15) is 0 Å². The molecule has 0 radical (unpaired) electrons. The topological polar surface area (TPSA) is 51.2 Å². The molecule has 7 heteroatoms. The highest BCUT2D eigenvalue weighted by molar-refractivity contribution is 7.98. The summed E-state index contributed by atoms with van der Waals surface area (Å²) in [6, 6.07) is 16.5. The van der Waals surface area contributed by atoms with Crippen molar-refractivity contribution in [3.05, 3.63) is 72.4 Å². The molecule has 0 aliphatic carbocycles. The zero-order valence-electron chi connectivity index (χ0n) is 16.3. The van der Waals surface area contributed by atoms with Crippen molar-refractivity contribution in [2.24, 2.45) is 0 Å². The van der Waals surface area contributed by atoms with Crippen molar-refractivity contribution in [3.8, 4) is 5.69 Å². The fourth-order valence-electron chi connectivity index (χ4n) is 3.85. The van der Waals surface area contributed by atoms with Gasteiger partial charge in [0, 0.05) is 23.8 Å². The van der Waals surface area contributed by atoms with Gasteiger partial charge in [-0.25, -0.2) is 4.98 Å². The molecular weight excluding hydrogens is 380 g/mol. The highest BCUT2D eigenvalue weighted by atomic mass is 32.2. The molecule has 1 aromatic carbocycles. The zero-order chi connectivity index (χ0) is 19.5. The van der Waals surface area contributed by atoms with Crippen molar-refractivity contribution in [3.63, 3.8) is 0 Å². The predicted octanol–water partition coefficient (Wildman–Crippen LogP) is 4.19. The number of likely N-dealkylation sites (tertiary alicyclic amines) is 1.